The lowest BCUT2D eigenvalue weighted by Crippen LogP contribution is -2.45. The maximum atomic E-state index is 8.94. The zero-order valence-electron chi connectivity index (χ0n) is 4.86. The van der Waals surface area contributed by atoms with Crippen molar-refractivity contribution in [3.8, 4) is 0 Å². The molecular formula is C6H9NO2. The SMILES string of the molecule is NC1C=CC=CC1(O)O. The first-order chi connectivity index (χ1) is 4.13. The van der Waals surface area contributed by atoms with Gasteiger partial charge in [-0.15, -0.1) is 0 Å². The molecule has 1 rings (SSSR count). The van der Waals surface area contributed by atoms with Gasteiger partial charge in [0.2, 0.25) is 5.79 Å². The van der Waals surface area contributed by atoms with Gasteiger partial charge in [0.05, 0.1) is 6.04 Å². The quantitative estimate of drug-likeness (QED) is 0.370. The lowest BCUT2D eigenvalue weighted by molar-refractivity contribution is -0.126. The third kappa shape index (κ3) is 1.18. The molecule has 3 nitrogen and oxygen atoms in total. The normalized spacial score (nSPS) is 30.8. The van der Waals surface area contributed by atoms with Crippen molar-refractivity contribution in [1.82, 2.24) is 0 Å². The van der Waals surface area contributed by atoms with Crippen LogP contribution in [0.2, 0.25) is 0 Å². The molecule has 0 aromatic heterocycles. The molecule has 1 unspecified atom stereocenters. The van der Waals surface area contributed by atoms with Gasteiger partial charge in [0, 0.05) is 0 Å². The Kier molecular flexibility index (Phi) is 1.40. The molecule has 0 amide bonds. The molecule has 0 aromatic rings. The van der Waals surface area contributed by atoms with E-state index in [1.165, 1.54) is 12.2 Å². The van der Waals surface area contributed by atoms with Crippen molar-refractivity contribution in [1.29, 1.82) is 0 Å². The molecule has 0 bridgehead atoms. The number of hydrogen-bond donors (Lipinski definition) is 3. The molecule has 50 valence electrons. The van der Waals surface area contributed by atoms with Crippen LogP contribution >= 0.6 is 0 Å². The second kappa shape index (κ2) is 1.95. The van der Waals surface area contributed by atoms with Crippen molar-refractivity contribution in [2.45, 2.75) is 11.8 Å². The van der Waals surface area contributed by atoms with Crippen LogP contribution in [0.4, 0.5) is 0 Å². The summed E-state index contributed by atoms with van der Waals surface area (Å²) in [6.07, 6.45) is 6.00. The molecule has 0 heterocycles. The van der Waals surface area contributed by atoms with E-state index in [1.54, 1.807) is 12.2 Å². The van der Waals surface area contributed by atoms with Crippen molar-refractivity contribution in [3.63, 3.8) is 0 Å². The van der Waals surface area contributed by atoms with Crippen LogP contribution in [-0.4, -0.2) is 22.0 Å². The summed E-state index contributed by atoms with van der Waals surface area (Å²) in [7, 11) is 0. The molecule has 0 saturated heterocycles. The van der Waals surface area contributed by atoms with Crippen molar-refractivity contribution < 1.29 is 10.2 Å². The third-order valence-electron chi connectivity index (χ3n) is 1.26. The summed E-state index contributed by atoms with van der Waals surface area (Å²) in [5, 5.41) is 17.9. The van der Waals surface area contributed by atoms with E-state index >= 15 is 0 Å². The van der Waals surface area contributed by atoms with Gasteiger partial charge in [0.15, 0.2) is 0 Å². The lowest BCUT2D eigenvalue weighted by atomic mass is 10.0. The highest BCUT2D eigenvalue weighted by Gasteiger charge is 2.27. The average Bonchev–Trinajstić information content (AvgIpc) is 1.77. The summed E-state index contributed by atoms with van der Waals surface area (Å²) >= 11 is 0. The standard InChI is InChI=1S/C6H9NO2/c7-5-3-1-2-4-6(5,8)9/h1-5,8-9H,7H2. The van der Waals surface area contributed by atoms with Crippen molar-refractivity contribution >= 4 is 0 Å². The minimum Gasteiger partial charge on any atom is -0.361 e. The molecule has 0 spiro atoms. The van der Waals surface area contributed by atoms with E-state index in [-0.39, 0.29) is 0 Å². The Balaban J connectivity index is 2.78. The van der Waals surface area contributed by atoms with Crippen molar-refractivity contribution in [2.24, 2.45) is 5.73 Å². The Hall–Kier alpha value is -0.640. The highest BCUT2D eigenvalue weighted by Crippen LogP contribution is 2.11. The van der Waals surface area contributed by atoms with Crippen LogP contribution in [0, 0.1) is 0 Å². The first-order valence-electron chi connectivity index (χ1n) is 2.69. The summed E-state index contributed by atoms with van der Waals surface area (Å²) in [4.78, 5) is 0. The minimum atomic E-state index is -1.85. The van der Waals surface area contributed by atoms with Crippen molar-refractivity contribution in [3.05, 3.63) is 24.3 Å². The average molecular weight is 127 g/mol. The molecule has 1 aliphatic rings. The zero-order valence-corrected chi connectivity index (χ0v) is 4.86. The fourth-order valence-corrected chi connectivity index (χ4v) is 0.634. The molecule has 3 heteroatoms. The van der Waals surface area contributed by atoms with E-state index in [0.717, 1.165) is 0 Å². The Morgan fingerprint density at radius 3 is 2.33 bits per heavy atom. The summed E-state index contributed by atoms with van der Waals surface area (Å²) in [5.74, 6) is -1.85. The van der Waals surface area contributed by atoms with Gasteiger partial charge >= 0.3 is 0 Å². The van der Waals surface area contributed by atoms with Crippen LogP contribution in [-0.2, 0) is 0 Å². The van der Waals surface area contributed by atoms with Gasteiger partial charge < -0.3 is 15.9 Å². The molecular weight excluding hydrogens is 118 g/mol. The Morgan fingerprint density at radius 1 is 1.33 bits per heavy atom. The van der Waals surface area contributed by atoms with E-state index in [0.29, 0.717) is 0 Å². The topological polar surface area (TPSA) is 66.5 Å². The van der Waals surface area contributed by atoms with Crippen LogP contribution in [0.1, 0.15) is 0 Å². The second-order valence-corrected chi connectivity index (χ2v) is 2.05. The number of rotatable bonds is 0. The Morgan fingerprint density at radius 2 is 2.00 bits per heavy atom. The van der Waals surface area contributed by atoms with Crippen LogP contribution in [0.5, 0.6) is 0 Å². The van der Waals surface area contributed by atoms with Crippen LogP contribution in [0.25, 0.3) is 0 Å². The summed E-state index contributed by atoms with van der Waals surface area (Å²) in [5.41, 5.74) is 5.27. The van der Waals surface area contributed by atoms with Crippen LogP contribution < -0.4 is 5.73 Å². The Bertz CT molecular complexity index is 160. The monoisotopic (exact) mass is 127 g/mol. The van der Waals surface area contributed by atoms with Crippen LogP contribution in [0.15, 0.2) is 24.3 Å². The second-order valence-electron chi connectivity index (χ2n) is 2.05. The van der Waals surface area contributed by atoms with Gasteiger partial charge in [-0.25, -0.2) is 0 Å². The van der Waals surface area contributed by atoms with Gasteiger partial charge in [-0.1, -0.05) is 18.2 Å². The van der Waals surface area contributed by atoms with Crippen LogP contribution in [0.3, 0.4) is 0 Å². The van der Waals surface area contributed by atoms with Gasteiger partial charge in [0.25, 0.3) is 0 Å². The molecule has 0 aromatic carbocycles. The molecule has 0 fully saturated rings. The lowest BCUT2D eigenvalue weighted by Gasteiger charge is -2.24. The molecule has 0 radical (unpaired) electrons. The fourth-order valence-electron chi connectivity index (χ4n) is 0.634. The first-order valence-corrected chi connectivity index (χ1v) is 2.69. The molecule has 9 heavy (non-hydrogen) atoms. The van der Waals surface area contributed by atoms with E-state index in [9.17, 15) is 0 Å². The van der Waals surface area contributed by atoms with E-state index in [4.69, 9.17) is 15.9 Å². The summed E-state index contributed by atoms with van der Waals surface area (Å²) in [6, 6.07) is -0.706. The first kappa shape index (κ1) is 6.48. The maximum absolute atomic E-state index is 8.94. The largest absolute Gasteiger partial charge is 0.361 e. The molecule has 1 aliphatic carbocycles. The molecule has 0 saturated carbocycles. The predicted molar refractivity (Wildman–Crippen MR) is 33.4 cm³/mol. The predicted octanol–water partition coefficient (Wildman–Crippen LogP) is -0.879. The number of aliphatic hydroxyl groups is 2. The van der Waals surface area contributed by atoms with Gasteiger partial charge in [0.1, 0.15) is 0 Å². The number of hydrogen-bond acceptors (Lipinski definition) is 3. The van der Waals surface area contributed by atoms with E-state index in [1.807, 2.05) is 0 Å². The highest BCUT2D eigenvalue weighted by atomic mass is 16.5. The molecule has 4 N–H and O–H groups in total. The van der Waals surface area contributed by atoms with Gasteiger partial charge in [-0.3, -0.25) is 0 Å². The van der Waals surface area contributed by atoms with Gasteiger partial charge in [-0.05, 0) is 6.08 Å². The van der Waals surface area contributed by atoms with Gasteiger partial charge in [-0.2, -0.15) is 0 Å². The summed E-state index contributed by atoms with van der Waals surface area (Å²) in [6.45, 7) is 0. The van der Waals surface area contributed by atoms with E-state index < -0.39 is 11.8 Å². The number of allylic oxidation sites excluding steroid dienone is 2. The number of nitrogens with two attached hydrogens (primary N) is 1. The fraction of sp³-hybridized carbons (Fsp3) is 0.333. The van der Waals surface area contributed by atoms with E-state index in [2.05, 4.69) is 0 Å². The smallest absolute Gasteiger partial charge is 0.202 e. The third-order valence-corrected chi connectivity index (χ3v) is 1.26. The highest BCUT2D eigenvalue weighted by molar-refractivity contribution is 5.20. The minimum absolute atomic E-state index is 0.706. The molecule has 0 aliphatic heterocycles. The van der Waals surface area contributed by atoms with Crippen molar-refractivity contribution in [2.75, 3.05) is 0 Å². The maximum Gasteiger partial charge on any atom is 0.202 e. The Labute approximate surface area is 53.1 Å². The zero-order chi connectivity index (χ0) is 6.91. The molecule has 1 atom stereocenters. The summed E-state index contributed by atoms with van der Waals surface area (Å²) < 4.78 is 0.